The van der Waals surface area contributed by atoms with Crippen LogP contribution < -0.4 is 19.5 Å². The highest BCUT2D eigenvalue weighted by Crippen LogP contribution is 2.34. The van der Waals surface area contributed by atoms with Gasteiger partial charge in [0.05, 0.1) is 18.6 Å². The van der Waals surface area contributed by atoms with Crippen LogP contribution in [0.2, 0.25) is 0 Å². The summed E-state index contributed by atoms with van der Waals surface area (Å²) in [5, 5.41) is 2.55. The second kappa shape index (κ2) is 13.0. The van der Waals surface area contributed by atoms with Crippen molar-refractivity contribution in [3.05, 3.63) is 88.8 Å². The van der Waals surface area contributed by atoms with E-state index in [-0.39, 0.29) is 42.7 Å². The topological polar surface area (TPSA) is 94.2 Å². The number of hydrogen-bond donors (Lipinski definition) is 1. The summed E-state index contributed by atoms with van der Waals surface area (Å²) in [6.45, 7) is 4.28. The van der Waals surface area contributed by atoms with E-state index in [1.54, 1.807) is 24.3 Å². The molecule has 0 saturated carbocycles. The number of carbonyl (C=O) groups excluding carboxylic acids is 3. The standard InChI is InChI=1S/C30H30N2O6S/c1-20(2)23-11-7-8-12-24(23)31-28(33)19-38-25-14-13-21(17-26(25)36-3)18-27-29(34)32(30(35)39-27)15-16-37-22-9-5-4-6-10-22/h4-14,17-18,20H,15-16,19H2,1-3H3,(H,31,33)/b27-18-. The zero-order valence-corrected chi connectivity index (χ0v) is 22.8. The predicted octanol–water partition coefficient (Wildman–Crippen LogP) is 5.95. The van der Waals surface area contributed by atoms with Crippen LogP contribution in [0.3, 0.4) is 0 Å². The molecule has 4 rings (SSSR count). The third-order valence-electron chi connectivity index (χ3n) is 5.90. The van der Waals surface area contributed by atoms with Crippen LogP contribution in [-0.4, -0.2) is 48.8 Å². The maximum Gasteiger partial charge on any atom is 0.293 e. The Hall–Kier alpha value is -4.24. The average molecular weight is 547 g/mol. The van der Waals surface area contributed by atoms with Crippen molar-refractivity contribution in [3.63, 3.8) is 0 Å². The van der Waals surface area contributed by atoms with Crippen LogP contribution in [0.5, 0.6) is 17.2 Å². The molecule has 9 heteroatoms. The van der Waals surface area contributed by atoms with Crippen LogP contribution >= 0.6 is 11.8 Å². The SMILES string of the molecule is COc1cc(/C=C2\SC(=O)N(CCOc3ccccc3)C2=O)ccc1OCC(=O)Nc1ccccc1C(C)C. The Morgan fingerprint density at radius 1 is 0.974 bits per heavy atom. The third-order valence-corrected chi connectivity index (χ3v) is 6.81. The lowest BCUT2D eigenvalue weighted by molar-refractivity contribution is -0.123. The molecule has 1 fully saturated rings. The van der Waals surface area contributed by atoms with Crippen LogP contribution in [0.25, 0.3) is 6.08 Å². The minimum Gasteiger partial charge on any atom is -0.493 e. The quantitative estimate of drug-likeness (QED) is 0.297. The Bertz CT molecular complexity index is 1370. The molecule has 39 heavy (non-hydrogen) atoms. The van der Waals surface area contributed by atoms with Gasteiger partial charge in [-0.3, -0.25) is 19.3 Å². The number of amides is 3. The van der Waals surface area contributed by atoms with Crippen LogP contribution in [0.4, 0.5) is 10.5 Å². The van der Waals surface area contributed by atoms with Gasteiger partial charge >= 0.3 is 0 Å². The number of benzene rings is 3. The maximum absolute atomic E-state index is 12.8. The van der Waals surface area contributed by atoms with Crippen molar-refractivity contribution in [2.45, 2.75) is 19.8 Å². The number of imide groups is 1. The highest BCUT2D eigenvalue weighted by Gasteiger charge is 2.34. The van der Waals surface area contributed by atoms with E-state index in [1.165, 1.54) is 12.0 Å². The number of nitrogens with one attached hydrogen (secondary N) is 1. The van der Waals surface area contributed by atoms with Crippen molar-refractivity contribution >= 4 is 40.6 Å². The lowest BCUT2D eigenvalue weighted by Crippen LogP contribution is -2.32. The molecule has 0 spiro atoms. The Balaban J connectivity index is 1.36. The Morgan fingerprint density at radius 2 is 1.72 bits per heavy atom. The smallest absolute Gasteiger partial charge is 0.293 e. The van der Waals surface area contributed by atoms with E-state index in [0.29, 0.717) is 27.7 Å². The van der Waals surface area contributed by atoms with Crippen molar-refractivity contribution in [2.75, 3.05) is 32.2 Å². The molecular formula is C30H30N2O6S. The van der Waals surface area contributed by atoms with Crippen molar-refractivity contribution in [1.82, 2.24) is 4.90 Å². The van der Waals surface area contributed by atoms with Crippen LogP contribution in [0.15, 0.2) is 77.7 Å². The first-order valence-corrected chi connectivity index (χ1v) is 13.3. The maximum atomic E-state index is 12.8. The van der Waals surface area contributed by atoms with Crippen molar-refractivity contribution in [1.29, 1.82) is 0 Å². The van der Waals surface area contributed by atoms with Gasteiger partial charge in [0, 0.05) is 5.69 Å². The Morgan fingerprint density at radius 3 is 2.46 bits per heavy atom. The lowest BCUT2D eigenvalue weighted by Gasteiger charge is -2.15. The molecule has 3 aromatic carbocycles. The summed E-state index contributed by atoms with van der Waals surface area (Å²) in [5.41, 5.74) is 2.45. The number of methoxy groups -OCH3 is 1. The van der Waals surface area contributed by atoms with Gasteiger partial charge in [0.25, 0.3) is 17.1 Å². The van der Waals surface area contributed by atoms with E-state index in [9.17, 15) is 14.4 Å². The monoisotopic (exact) mass is 546 g/mol. The molecule has 3 aromatic rings. The van der Waals surface area contributed by atoms with Crippen LogP contribution in [0.1, 0.15) is 30.9 Å². The first-order chi connectivity index (χ1) is 18.9. The van der Waals surface area contributed by atoms with Gasteiger partial charge in [-0.2, -0.15) is 0 Å². The fourth-order valence-electron chi connectivity index (χ4n) is 3.95. The zero-order valence-electron chi connectivity index (χ0n) is 22.0. The van der Waals surface area contributed by atoms with E-state index in [2.05, 4.69) is 19.2 Å². The summed E-state index contributed by atoms with van der Waals surface area (Å²) >= 11 is 0.877. The fraction of sp³-hybridized carbons (Fsp3) is 0.233. The molecule has 0 aromatic heterocycles. The summed E-state index contributed by atoms with van der Waals surface area (Å²) in [6.07, 6.45) is 1.63. The molecule has 1 N–H and O–H groups in total. The molecule has 1 heterocycles. The normalized spacial score (nSPS) is 14.2. The summed E-state index contributed by atoms with van der Waals surface area (Å²) in [7, 11) is 1.49. The largest absolute Gasteiger partial charge is 0.493 e. The molecule has 0 aliphatic carbocycles. The summed E-state index contributed by atoms with van der Waals surface area (Å²) in [6, 6.07) is 22.0. The van der Waals surface area contributed by atoms with Crippen LogP contribution in [0, 0.1) is 0 Å². The van der Waals surface area contributed by atoms with E-state index < -0.39 is 0 Å². The minimum absolute atomic E-state index is 0.150. The predicted molar refractivity (Wildman–Crippen MR) is 152 cm³/mol. The number of anilines is 1. The van der Waals surface area contributed by atoms with Crippen molar-refractivity contribution < 1.29 is 28.6 Å². The second-order valence-corrected chi connectivity index (χ2v) is 9.98. The number of hydrogen-bond acceptors (Lipinski definition) is 7. The lowest BCUT2D eigenvalue weighted by atomic mass is 10.0. The molecule has 1 aliphatic heterocycles. The Kier molecular flexibility index (Phi) is 9.27. The van der Waals surface area contributed by atoms with Gasteiger partial charge in [-0.25, -0.2) is 0 Å². The summed E-state index contributed by atoms with van der Waals surface area (Å²) in [5.74, 6) is 1.05. The van der Waals surface area contributed by atoms with Gasteiger partial charge in [0.1, 0.15) is 12.4 Å². The van der Waals surface area contributed by atoms with Gasteiger partial charge in [-0.05, 0) is 65.2 Å². The fourth-order valence-corrected chi connectivity index (χ4v) is 4.82. The van der Waals surface area contributed by atoms with Gasteiger partial charge in [-0.15, -0.1) is 0 Å². The van der Waals surface area contributed by atoms with E-state index >= 15 is 0 Å². The molecule has 0 atom stereocenters. The third kappa shape index (κ3) is 7.20. The van der Waals surface area contributed by atoms with E-state index in [1.807, 2.05) is 54.6 Å². The molecule has 3 amide bonds. The van der Waals surface area contributed by atoms with E-state index in [4.69, 9.17) is 14.2 Å². The molecular weight excluding hydrogens is 516 g/mol. The number of nitrogens with zero attached hydrogens (tertiary/aromatic N) is 1. The average Bonchev–Trinajstić information content (AvgIpc) is 3.20. The first kappa shape index (κ1) is 27.8. The molecule has 0 bridgehead atoms. The molecule has 1 aliphatic rings. The highest BCUT2D eigenvalue weighted by molar-refractivity contribution is 8.18. The van der Waals surface area contributed by atoms with Gasteiger partial charge < -0.3 is 19.5 Å². The van der Waals surface area contributed by atoms with Crippen molar-refractivity contribution in [2.24, 2.45) is 0 Å². The Labute approximate surface area is 231 Å². The number of rotatable bonds is 11. The number of ether oxygens (including phenoxy) is 3. The second-order valence-electron chi connectivity index (χ2n) is 8.98. The number of carbonyl (C=O) groups is 3. The molecule has 0 radical (unpaired) electrons. The van der Waals surface area contributed by atoms with Gasteiger partial charge in [0.2, 0.25) is 0 Å². The van der Waals surface area contributed by atoms with Gasteiger partial charge in [-0.1, -0.05) is 56.3 Å². The molecule has 0 unspecified atom stereocenters. The van der Waals surface area contributed by atoms with Crippen molar-refractivity contribution in [3.8, 4) is 17.2 Å². The van der Waals surface area contributed by atoms with Crippen LogP contribution in [-0.2, 0) is 9.59 Å². The summed E-state index contributed by atoms with van der Waals surface area (Å²) in [4.78, 5) is 39.3. The minimum atomic E-state index is -0.376. The van der Waals surface area contributed by atoms with Gasteiger partial charge in [0.15, 0.2) is 18.1 Å². The van der Waals surface area contributed by atoms with E-state index in [0.717, 1.165) is 23.0 Å². The molecule has 1 saturated heterocycles. The summed E-state index contributed by atoms with van der Waals surface area (Å²) < 4.78 is 16.8. The molecule has 202 valence electrons. The zero-order chi connectivity index (χ0) is 27.8. The first-order valence-electron chi connectivity index (χ1n) is 12.5. The number of para-hydroxylation sites is 2. The number of thioether (sulfide) groups is 1. The highest BCUT2D eigenvalue weighted by atomic mass is 32.2. The molecule has 8 nitrogen and oxygen atoms in total.